The first-order valence-electron chi connectivity index (χ1n) is 5.03. The summed E-state index contributed by atoms with van der Waals surface area (Å²) in [5.74, 6) is -0.0641. The van der Waals surface area contributed by atoms with Gasteiger partial charge in [0.1, 0.15) is 6.61 Å². The van der Waals surface area contributed by atoms with Gasteiger partial charge in [-0.2, -0.15) is 0 Å². The molecule has 1 amide bonds. The van der Waals surface area contributed by atoms with E-state index in [0.717, 1.165) is 4.47 Å². The van der Waals surface area contributed by atoms with Crippen molar-refractivity contribution in [1.29, 1.82) is 0 Å². The number of carbonyl (C=O) groups excluding carboxylic acids is 1. The summed E-state index contributed by atoms with van der Waals surface area (Å²) in [6.07, 6.45) is 1.65. The molecule has 7 heteroatoms. The summed E-state index contributed by atoms with van der Waals surface area (Å²) in [5, 5.41) is 3.96. The minimum atomic E-state index is -0.491. The quantitative estimate of drug-likeness (QED) is 0.844. The minimum absolute atomic E-state index is 0.199. The predicted octanol–water partition coefficient (Wildman–Crippen LogP) is 2.02. The smallest absolute Gasteiger partial charge is 0.249 e. The van der Waals surface area contributed by atoms with Gasteiger partial charge in [-0.15, -0.1) is 5.10 Å². The topological polar surface area (TPSA) is 70.1 Å². The molecule has 0 atom stereocenters. The number of hydrogen-bond acceptors (Lipinski definition) is 4. The summed E-state index contributed by atoms with van der Waals surface area (Å²) >= 11 is 7.37. The lowest BCUT2D eigenvalue weighted by Crippen LogP contribution is -2.15. The third-order valence-electron chi connectivity index (χ3n) is 2.30. The number of ether oxygens (including phenoxy) is 1. The Kier molecular flexibility index (Phi) is 3.93. The van der Waals surface area contributed by atoms with E-state index < -0.39 is 5.91 Å². The summed E-state index contributed by atoms with van der Waals surface area (Å²) in [6.45, 7) is 0.199. The number of halogens is 1. The first-order valence-corrected chi connectivity index (χ1v) is 6.22. The Labute approximate surface area is 118 Å². The van der Waals surface area contributed by atoms with Crippen LogP contribution < -0.4 is 10.5 Å². The molecule has 0 aliphatic rings. The van der Waals surface area contributed by atoms with Gasteiger partial charge in [-0.1, -0.05) is 22.0 Å². The number of aromatic nitrogens is 2. The second-order valence-corrected chi connectivity index (χ2v) is 4.76. The third kappa shape index (κ3) is 2.85. The van der Waals surface area contributed by atoms with Crippen LogP contribution in [0.3, 0.4) is 0 Å². The molecule has 1 aromatic heterocycles. The molecule has 1 heterocycles. The van der Waals surface area contributed by atoms with Crippen molar-refractivity contribution in [2.75, 3.05) is 0 Å². The molecule has 1 aromatic carbocycles. The number of nitrogens with two attached hydrogens (primary N) is 1. The lowest BCUT2D eigenvalue weighted by atomic mass is 10.1. The summed E-state index contributed by atoms with van der Waals surface area (Å²) in [7, 11) is 0. The number of nitrogens with zero attached hydrogens (tertiary/aromatic N) is 2. The van der Waals surface area contributed by atoms with Gasteiger partial charge >= 0.3 is 0 Å². The van der Waals surface area contributed by atoms with Crippen LogP contribution >= 0.6 is 28.7 Å². The molecule has 0 unspecified atom stereocenters. The molecule has 2 aromatic rings. The molecular weight excluding hydrogens is 318 g/mol. The molecule has 0 spiro atoms. The van der Waals surface area contributed by atoms with Crippen molar-refractivity contribution in [1.82, 2.24) is 9.19 Å². The van der Waals surface area contributed by atoms with Gasteiger partial charge in [-0.25, -0.2) is 4.09 Å². The molecule has 2 N–H and O–H groups in total. The van der Waals surface area contributed by atoms with Crippen LogP contribution in [0, 0.1) is 0 Å². The molecule has 94 valence electrons. The standard InChI is InChI=1S/C11H10BrN3O2S/c12-9-3-1-2-7(11(13)16)8(9)6-17-10-4-5-15(18)14-10/h1-5,18H,6H2,(H2,13,16). The van der Waals surface area contributed by atoms with E-state index in [1.54, 1.807) is 24.4 Å². The van der Waals surface area contributed by atoms with Crippen molar-refractivity contribution < 1.29 is 9.53 Å². The van der Waals surface area contributed by atoms with E-state index in [4.69, 9.17) is 10.5 Å². The van der Waals surface area contributed by atoms with E-state index in [2.05, 4.69) is 33.8 Å². The van der Waals surface area contributed by atoms with Gasteiger partial charge in [-0.05, 0) is 24.9 Å². The molecule has 0 radical (unpaired) electrons. The molecule has 5 nitrogen and oxygen atoms in total. The molecule has 0 saturated carbocycles. The average molecular weight is 328 g/mol. The monoisotopic (exact) mass is 327 g/mol. The minimum Gasteiger partial charge on any atom is -0.472 e. The van der Waals surface area contributed by atoms with Crippen LogP contribution in [0.4, 0.5) is 0 Å². The highest BCUT2D eigenvalue weighted by atomic mass is 79.9. The Bertz CT molecular complexity index is 585. The summed E-state index contributed by atoms with van der Waals surface area (Å²) < 4.78 is 7.57. The number of amides is 1. The van der Waals surface area contributed by atoms with Crippen LogP contribution in [0.2, 0.25) is 0 Å². The zero-order valence-corrected chi connectivity index (χ0v) is 11.7. The summed E-state index contributed by atoms with van der Waals surface area (Å²) in [4.78, 5) is 11.3. The molecular formula is C11H10BrN3O2S. The number of carbonyl (C=O) groups is 1. The van der Waals surface area contributed by atoms with E-state index in [-0.39, 0.29) is 6.61 Å². The maximum absolute atomic E-state index is 11.3. The van der Waals surface area contributed by atoms with E-state index in [1.165, 1.54) is 4.09 Å². The number of benzene rings is 1. The second kappa shape index (κ2) is 5.45. The fourth-order valence-electron chi connectivity index (χ4n) is 1.46. The maximum atomic E-state index is 11.3. The van der Waals surface area contributed by atoms with Crippen LogP contribution in [-0.2, 0) is 6.61 Å². The lowest BCUT2D eigenvalue weighted by molar-refractivity contribution is 0.0997. The van der Waals surface area contributed by atoms with Crippen molar-refractivity contribution >= 4 is 34.7 Å². The fourth-order valence-corrected chi connectivity index (χ4v) is 2.09. The van der Waals surface area contributed by atoms with Crippen LogP contribution in [0.15, 0.2) is 34.9 Å². The van der Waals surface area contributed by atoms with E-state index >= 15 is 0 Å². The van der Waals surface area contributed by atoms with Crippen molar-refractivity contribution in [2.24, 2.45) is 5.73 Å². The predicted molar refractivity (Wildman–Crippen MR) is 73.6 cm³/mol. The number of hydrogen-bond donors (Lipinski definition) is 2. The summed E-state index contributed by atoms with van der Waals surface area (Å²) in [6, 6.07) is 6.90. The van der Waals surface area contributed by atoms with E-state index in [0.29, 0.717) is 17.0 Å². The first-order chi connectivity index (χ1) is 8.58. The third-order valence-corrected chi connectivity index (χ3v) is 3.27. The molecule has 0 aliphatic carbocycles. The second-order valence-electron chi connectivity index (χ2n) is 3.49. The maximum Gasteiger partial charge on any atom is 0.249 e. The van der Waals surface area contributed by atoms with Crippen molar-refractivity contribution in [3.63, 3.8) is 0 Å². The van der Waals surface area contributed by atoms with Gasteiger partial charge < -0.3 is 10.5 Å². The van der Waals surface area contributed by atoms with Gasteiger partial charge in [0.25, 0.3) is 0 Å². The molecule has 0 fully saturated rings. The van der Waals surface area contributed by atoms with Gasteiger partial charge in [-0.3, -0.25) is 4.79 Å². The highest BCUT2D eigenvalue weighted by Crippen LogP contribution is 2.22. The highest BCUT2D eigenvalue weighted by Gasteiger charge is 2.12. The SMILES string of the molecule is NC(=O)c1cccc(Br)c1COc1ccn(S)n1. The Morgan fingerprint density at radius 1 is 1.50 bits per heavy atom. The number of thiol groups is 1. The molecule has 18 heavy (non-hydrogen) atoms. The van der Waals surface area contributed by atoms with Gasteiger partial charge in [0, 0.05) is 27.9 Å². The molecule has 0 aliphatic heterocycles. The Morgan fingerprint density at radius 3 is 2.89 bits per heavy atom. The summed E-state index contributed by atoms with van der Waals surface area (Å²) in [5.41, 5.74) is 6.43. The fraction of sp³-hybridized carbons (Fsp3) is 0.0909. The van der Waals surface area contributed by atoms with Crippen LogP contribution in [-0.4, -0.2) is 15.1 Å². The lowest BCUT2D eigenvalue weighted by Gasteiger charge is -2.09. The zero-order valence-electron chi connectivity index (χ0n) is 9.21. The number of rotatable bonds is 4. The Balaban J connectivity index is 2.20. The average Bonchev–Trinajstić information content (AvgIpc) is 2.73. The molecule has 2 rings (SSSR count). The van der Waals surface area contributed by atoms with Crippen LogP contribution in [0.1, 0.15) is 15.9 Å². The van der Waals surface area contributed by atoms with Crippen molar-refractivity contribution in [3.05, 3.63) is 46.1 Å². The highest BCUT2D eigenvalue weighted by molar-refractivity contribution is 9.10. The van der Waals surface area contributed by atoms with E-state index in [9.17, 15) is 4.79 Å². The normalized spacial score (nSPS) is 10.3. The molecule has 0 bridgehead atoms. The Morgan fingerprint density at radius 2 is 2.28 bits per heavy atom. The van der Waals surface area contributed by atoms with Crippen molar-refractivity contribution in [2.45, 2.75) is 6.61 Å². The van der Waals surface area contributed by atoms with Gasteiger partial charge in [0.2, 0.25) is 11.8 Å². The van der Waals surface area contributed by atoms with Crippen molar-refractivity contribution in [3.8, 4) is 5.88 Å². The first kappa shape index (κ1) is 13.0. The van der Waals surface area contributed by atoms with Gasteiger partial charge in [0.15, 0.2) is 0 Å². The largest absolute Gasteiger partial charge is 0.472 e. The number of primary amides is 1. The van der Waals surface area contributed by atoms with E-state index in [1.807, 2.05) is 6.07 Å². The van der Waals surface area contributed by atoms with Crippen LogP contribution in [0.25, 0.3) is 0 Å². The zero-order chi connectivity index (χ0) is 13.1. The Hall–Kier alpha value is -1.47. The van der Waals surface area contributed by atoms with Gasteiger partial charge in [0.05, 0.1) is 0 Å². The van der Waals surface area contributed by atoms with Crippen LogP contribution in [0.5, 0.6) is 5.88 Å². The molecule has 0 saturated heterocycles.